The van der Waals surface area contributed by atoms with Gasteiger partial charge in [-0.05, 0) is 6.92 Å². The highest BCUT2D eigenvalue weighted by atomic mass is 32.2. The Balaban J connectivity index is 2.06. The highest BCUT2D eigenvalue weighted by Gasteiger charge is 2.16. The Morgan fingerprint density at radius 1 is 1.25 bits per heavy atom. The van der Waals surface area contributed by atoms with Crippen molar-refractivity contribution in [2.75, 3.05) is 24.7 Å². The van der Waals surface area contributed by atoms with Gasteiger partial charge < -0.3 is 10.7 Å². The fraction of sp³-hybridized carbons (Fsp3) is 0.235. The number of hydrogen-bond acceptors (Lipinski definition) is 5. The van der Waals surface area contributed by atoms with Crippen LogP contribution in [0, 0.1) is 6.92 Å². The molecule has 6 nitrogen and oxygen atoms in total. The number of nitrogens with zero attached hydrogens (tertiary/aromatic N) is 4. The van der Waals surface area contributed by atoms with Crippen LogP contribution in [0.4, 0.5) is 0 Å². The Hall–Kier alpha value is -2.54. The molecule has 0 unspecified atom stereocenters. The third-order valence-electron chi connectivity index (χ3n) is 3.35. The molecule has 1 heterocycles. The highest BCUT2D eigenvalue weighted by molar-refractivity contribution is 7.99. The number of rotatable bonds is 8. The second-order valence-electron chi connectivity index (χ2n) is 5.21. The molecule has 0 aliphatic carbocycles. The maximum Gasteiger partial charge on any atom is 0.233 e. The van der Waals surface area contributed by atoms with Crippen LogP contribution in [0.2, 0.25) is 0 Å². The molecule has 0 aliphatic rings. The van der Waals surface area contributed by atoms with Crippen molar-refractivity contribution in [3.05, 3.63) is 55.1 Å². The Kier molecular flexibility index (Phi) is 6.20. The zero-order chi connectivity index (χ0) is 17.5. The fourth-order valence-electron chi connectivity index (χ4n) is 2.08. The highest BCUT2D eigenvalue weighted by Crippen LogP contribution is 2.22. The third-order valence-corrected chi connectivity index (χ3v) is 4.28. The van der Waals surface area contributed by atoms with E-state index in [4.69, 9.17) is 5.84 Å². The number of aryl methyl sites for hydroxylation is 1. The molecule has 0 saturated heterocycles. The second kappa shape index (κ2) is 8.35. The number of carbonyl (C=O) groups is 1. The summed E-state index contributed by atoms with van der Waals surface area (Å²) in [4.78, 5) is 13.9. The standard InChI is InChI=1S/C17H21N5OS/c1-4-10-21(11-5-2)15(23)12-24-17-20-19-16(22(17)18)14-8-6-13(3)7-9-14/h4-9H,1-2,10-12,18H2,3H3. The van der Waals surface area contributed by atoms with Gasteiger partial charge in [0, 0.05) is 18.7 Å². The molecule has 0 atom stereocenters. The molecular formula is C17H21N5OS. The van der Waals surface area contributed by atoms with E-state index in [1.165, 1.54) is 16.4 Å². The molecule has 0 saturated carbocycles. The zero-order valence-corrected chi connectivity index (χ0v) is 14.5. The van der Waals surface area contributed by atoms with Gasteiger partial charge in [-0.2, -0.15) is 0 Å². The van der Waals surface area contributed by atoms with Gasteiger partial charge in [0.1, 0.15) is 0 Å². The molecular weight excluding hydrogens is 322 g/mol. The van der Waals surface area contributed by atoms with Crippen LogP contribution in [-0.2, 0) is 4.79 Å². The lowest BCUT2D eigenvalue weighted by Gasteiger charge is -2.18. The summed E-state index contributed by atoms with van der Waals surface area (Å²) in [7, 11) is 0. The molecule has 0 aliphatic heterocycles. The lowest BCUT2D eigenvalue weighted by atomic mass is 10.1. The van der Waals surface area contributed by atoms with Crippen LogP contribution >= 0.6 is 11.8 Å². The Morgan fingerprint density at radius 3 is 2.46 bits per heavy atom. The molecule has 0 fully saturated rings. The van der Waals surface area contributed by atoms with Crippen LogP contribution in [0.1, 0.15) is 5.56 Å². The van der Waals surface area contributed by atoms with Crippen molar-refractivity contribution in [1.82, 2.24) is 19.8 Å². The average Bonchev–Trinajstić information content (AvgIpc) is 2.94. The summed E-state index contributed by atoms with van der Waals surface area (Å²) < 4.78 is 1.41. The zero-order valence-electron chi connectivity index (χ0n) is 13.7. The van der Waals surface area contributed by atoms with Crippen LogP contribution in [0.25, 0.3) is 11.4 Å². The van der Waals surface area contributed by atoms with E-state index in [0.29, 0.717) is 24.1 Å². The van der Waals surface area contributed by atoms with Gasteiger partial charge in [-0.3, -0.25) is 4.79 Å². The smallest absolute Gasteiger partial charge is 0.233 e. The molecule has 2 rings (SSSR count). The number of carbonyl (C=O) groups excluding carboxylic acids is 1. The summed E-state index contributed by atoms with van der Waals surface area (Å²) in [6, 6.07) is 7.86. The van der Waals surface area contributed by atoms with Crippen LogP contribution in [0.5, 0.6) is 0 Å². The van der Waals surface area contributed by atoms with E-state index in [2.05, 4.69) is 23.4 Å². The van der Waals surface area contributed by atoms with E-state index in [9.17, 15) is 4.79 Å². The molecule has 1 aromatic carbocycles. The fourth-order valence-corrected chi connectivity index (χ4v) is 2.84. The van der Waals surface area contributed by atoms with Gasteiger partial charge in [0.05, 0.1) is 5.75 Å². The lowest BCUT2D eigenvalue weighted by Crippen LogP contribution is -2.32. The van der Waals surface area contributed by atoms with Gasteiger partial charge in [-0.1, -0.05) is 53.7 Å². The Labute approximate surface area is 146 Å². The van der Waals surface area contributed by atoms with Crippen LogP contribution in [0.3, 0.4) is 0 Å². The van der Waals surface area contributed by atoms with Gasteiger partial charge in [0.15, 0.2) is 5.82 Å². The second-order valence-corrected chi connectivity index (χ2v) is 6.15. The maximum atomic E-state index is 12.2. The van der Waals surface area contributed by atoms with E-state index in [1.54, 1.807) is 17.1 Å². The molecule has 0 bridgehead atoms. The summed E-state index contributed by atoms with van der Waals surface area (Å²) >= 11 is 1.26. The van der Waals surface area contributed by atoms with E-state index >= 15 is 0 Å². The van der Waals surface area contributed by atoms with Gasteiger partial charge >= 0.3 is 0 Å². The molecule has 1 aromatic heterocycles. The minimum Gasteiger partial charge on any atom is -0.335 e. The normalized spacial score (nSPS) is 10.4. The number of amides is 1. The summed E-state index contributed by atoms with van der Waals surface area (Å²) in [5.41, 5.74) is 2.04. The quantitative estimate of drug-likeness (QED) is 0.452. The van der Waals surface area contributed by atoms with Gasteiger partial charge in [-0.25, -0.2) is 4.68 Å². The largest absolute Gasteiger partial charge is 0.335 e. The van der Waals surface area contributed by atoms with Crippen LogP contribution < -0.4 is 5.84 Å². The molecule has 2 N–H and O–H groups in total. The van der Waals surface area contributed by atoms with E-state index in [0.717, 1.165) is 11.1 Å². The Morgan fingerprint density at radius 2 is 1.88 bits per heavy atom. The topological polar surface area (TPSA) is 77.0 Å². The minimum absolute atomic E-state index is 0.0281. The number of nitrogens with two attached hydrogens (primary N) is 1. The molecule has 0 radical (unpaired) electrons. The van der Waals surface area contributed by atoms with Crippen LogP contribution in [0.15, 0.2) is 54.7 Å². The molecule has 126 valence electrons. The predicted molar refractivity (Wildman–Crippen MR) is 98.0 cm³/mol. The summed E-state index contributed by atoms with van der Waals surface area (Å²) in [5, 5.41) is 8.70. The minimum atomic E-state index is -0.0281. The van der Waals surface area contributed by atoms with Crippen molar-refractivity contribution in [2.45, 2.75) is 12.1 Å². The van der Waals surface area contributed by atoms with Crippen LogP contribution in [-0.4, -0.2) is 44.5 Å². The number of thioether (sulfide) groups is 1. The summed E-state index contributed by atoms with van der Waals surface area (Å²) in [5.74, 6) is 6.83. The average molecular weight is 343 g/mol. The predicted octanol–water partition coefficient (Wildman–Crippen LogP) is 2.26. The van der Waals surface area contributed by atoms with Crippen molar-refractivity contribution < 1.29 is 4.79 Å². The number of hydrogen-bond donors (Lipinski definition) is 1. The maximum absolute atomic E-state index is 12.2. The first-order chi connectivity index (χ1) is 11.6. The van der Waals surface area contributed by atoms with Gasteiger partial charge in [0.2, 0.25) is 11.1 Å². The number of nitrogen functional groups attached to an aromatic ring is 1. The Bertz CT molecular complexity index is 713. The summed E-state index contributed by atoms with van der Waals surface area (Å²) in [6.45, 7) is 10.3. The SMILES string of the molecule is C=CCN(CC=C)C(=O)CSc1nnc(-c2ccc(C)cc2)n1N. The van der Waals surface area contributed by atoms with Crippen molar-refractivity contribution >= 4 is 17.7 Å². The van der Waals surface area contributed by atoms with E-state index in [1.807, 2.05) is 31.2 Å². The van der Waals surface area contributed by atoms with Crippen molar-refractivity contribution in [2.24, 2.45) is 0 Å². The third kappa shape index (κ3) is 4.26. The monoisotopic (exact) mass is 343 g/mol. The van der Waals surface area contributed by atoms with Crippen molar-refractivity contribution in [3.8, 4) is 11.4 Å². The molecule has 2 aromatic rings. The first-order valence-corrected chi connectivity index (χ1v) is 8.45. The number of aromatic nitrogens is 3. The molecule has 24 heavy (non-hydrogen) atoms. The van der Waals surface area contributed by atoms with Crippen molar-refractivity contribution in [3.63, 3.8) is 0 Å². The molecule has 0 spiro atoms. The van der Waals surface area contributed by atoms with E-state index in [-0.39, 0.29) is 11.7 Å². The lowest BCUT2D eigenvalue weighted by molar-refractivity contribution is -0.127. The first-order valence-electron chi connectivity index (χ1n) is 7.46. The van der Waals surface area contributed by atoms with Crippen molar-refractivity contribution in [1.29, 1.82) is 0 Å². The summed E-state index contributed by atoms with van der Waals surface area (Å²) in [6.07, 6.45) is 3.37. The van der Waals surface area contributed by atoms with Gasteiger partial charge in [0.25, 0.3) is 0 Å². The van der Waals surface area contributed by atoms with E-state index < -0.39 is 0 Å². The number of benzene rings is 1. The molecule has 7 heteroatoms. The van der Waals surface area contributed by atoms with Gasteiger partial charge in [-0.15, -0.1) is 23.4 Å². The molecule has 1 amide bonds. The first kappa shape index (κ1) is 17.8.